The van der Waals surface area contributed by atoms with Crippen LogP contribution >= 0.6 is 0 Å². The first-order chi connectivity index (χ1) is 9.82. The fourth-order valence-corrected chi connectivity index (χ4v) is 3.60. The highest BCUT2D eigenvalue weighted by molar-refractivity contribution is 5.18. The second-order valence-corrected chi connectivity index (χ2v) is 5.94. The Morgan fingerprint density at radius 1 is 1.30 bits per heavy atom. The zero-order valence-corrected chi connectivity index (χ0v) is 12.8. The van der Waals surface area contributed by atoms with Crippen molar-refractivity contribution in [3.05, 3.63) is 11.6 Å². The van der Waals surface area contributed by atoms with E-state index in [9.17, 15) is 0 Å². The van der Waals surface area contributed by atoms with Gasteiger partial charge < -0.3 is 9.47 Å². The van der Waals surface area contributed by atoms with Gasteiger partial charge in [0.1, 0.15) is 0 Å². The topological polar surface area (TPSA) is 56.5 Å². The molecule has 0 aromatic heterocycles. The number of hydrazine groups is 1. The molecule has 0 aromatic carbocycles. The number of ether oxygens (including phenoxy) is 2. The lowest BCUT2D eigenvalue weighted by atomic mass is 9.79. The van der Waals surface area contributed by atoms with Crippen LogP contribution in [0, 0.1) is 0 Å². The SMILES string of the molecule is CCOC1(C(NN)C2=CCCCCCC2)CCOCC1. The highest BCUT2D eigenvalue weighted by Crippen LogP contribution is 2.34. The fraction of sp³-hybridized carbons (Fsp3) is 0.875. The quantitative estimate of drug-likeness (QED) is 0.462. The Balaban J connectivity index is 2.17. The molecule has 4 nitrogen and oxygen atoms in total. The summed E-state index contributed by atoms with van der Waals surface area (Å²) in [6.45, 7) is 4.33. The second-order valence-electron chi connectivity index (χ2n) is 5.94. The van der Waals surface area contributed by atoms with Crippen LogP contribution in [-0.4, -0.2) is 31.5 Å². The molecule has 0 spiro atoms. The molecule has 2 rings (SSSR count). The highest BCUT2D eigenvalue weighted by atomic mass is 16.5. The predicted molar refractivity (Wildman–Crippen MR) is 81.3 cm³/mol. The second kappa shape index (κ2) is 8.13. The smallest absolute Gasteiger partial charge is 0.0929 e. The van der Waals surface area contributed by atoms with Gasteiger partial charge in [-0.3, -0.25) is 11.3 Å². The van der Waals surface area contributed by atoms with Gasteiger partial charge in [0.25, 0.3) is 0 Å². The number of allylic oxidation sites excluding steroid dienone is 1. The first kappa shape index (κ1) is 16.0. The average molecular weight is 282 g/mol. The maximum absolute atomic E-state index is 6.19. The molecule has 1 aliphatic heterocycles. The molecule has 1 unspecified atom stereocenters. The van der Waals surface area contributed by atoms with Crippen LogP contribution in [0.3, 0.4) is 0 Å². The van der Waals surface area contributed by atoms with E-state index in [1.54, 1.807) is 0 Å². The molecule has 1 fully saturated rings. The molecule has 0 radical (unpaired) electrons. The van der Waals surface area contributed by atoms with Crippen molar-refractivity contribution < 1.29 is 9.47 Å². The van der Waals surface area contributed by atoms with Crippen LogP contribution in [0.15, 0.2) is 11.6 Å². The third kappa shape index (κ3) is 3.82. The minimum Gasteiger partial charge on any atom is -0.381 e. The number of nitrogens with one attached hydrogen (secondary N) is 1. The average Bonchev–Trinajstić information content (AvgIpc) is 2.43. The molecule has 0 amide bonds. The highest BCUT2D eigenvalue weighted by Gasteiger charge is 2.42. The van der Waals surface area contributed by atoms with E-state index in [1.807, 2.05) is 0 Å². The summed E-state index contributed by atoms with van der Waals surface area (Å²) in [5, 5.41) is 0. The number of hydrogen-bond acceptors (Lipinski definition) is 4. The van der Waals surface area contributed by atoms with Crippen molar-refractivity contribution in [2.45, 2.75) is 69.9 Å². The van der Waals surface area contributed by atoms with Crippen molar-refractivity contribution in [1.29, 1.82) is 0 Å². The molecule has 2 aliphatic rings. The molecule has 116 valence electrons. The Bertz CT molecular complexity index is 306. The van der Waals surface area contributed by atoms with E-state index in [1.165, 1.54) is 37.7 Å². The van der Waals surface area contributed by atoms with Crippen LogP contribution in [0.4, 0.5) is 0 Å². The minimum atomic E-state index is -0.188. The van der Waals surface area contributed by atoms with Crippen molar-refractivity contribution in [2.24, 2.45) is 5.84 Å². The van der Waals surface area contributed by atoms with E-state index in [-0.39, 0.29) is 11.6 Å². The first-order valence-corrected chi connectivity index (χ1v) is 8.19. The molecule has 20 heavy (non-hydrogen) atoms. The van der Waals surface area contributed by atoms with E-state index < -0.39 is 0 Å². The maximum atomic E-state index is 6.19. The van der Waals surface area contributed by atoms with Gasteiger partial charge in [-0.1, -0.05) is 24.5 Å². The Labute approximate surface area is 123 Å². The normalized spacial score (nSPS) is 25.4. The fourth-order valence-electron chi connectivity index (χ4n) is 3.60. The third-order valence-electron chi connectivity index (χ3n) is 4.66. The maximum Gasteiger partial charge on any atom is 0.0929 e. The standard InChI is InChI=1S/C16H30N2O2/c1-2-20-16(10-12-19-13-11-16)15(18-17)14-8-6-4-3-5-7-9-14/h8,15,18H,2-7,9-13,17H2,1H3. The summed E-state index contributed by atoms with van der Waals surface area (Å²) in [7, 11) is 0. The van der Waals surface area contributed by atoms with Crippen molar-refractivity contribution in [1.82, 2.24) is 5.43 Å². The van der Waals surface area contributed by atoms with Crippen molar-refractivity contribution in [2.75, 3.05) is 19.8 Å². The van der Waals surface area contributed by atoms with Gasteiger partial charge >= 0.3 is 0 Å². The minimum absolute atomic E-state index is 0.129. The molecule has 1 heterocycles. The summed E-state index contributed by atoms with van der Waals surface area (Å²) in [6.07, 6.45) is 11.8. The Hall–Kier alpha value is -0.420. The molecule has 4 heteroatoms. The Morgan fingerprint density at radius 3 is 2.75 bits per heavy atom. The van der Waals surface area contributed by atoms with E-state index in [0.29, 0.717) is 0 Å². The molecular weight excluding hydrogens is 252 g/mol. The van der Waals surface area contributed by atoms with Crippen LogP contribution in [0.5, 0.6) is 0 Å². The number of rotatable bonds is 5. The van der Waals surface area contributed by atoms with E-state index in [0.717, 1.165) is 39.1 Å². The molecule has 0 saturated carbocycles. The monoisotopic (exact) mass is 282 g/mol. The summed E-state index contributed by atoms with van der Waals surface area (Å²) in [4.78, 5) is 0. The lowest BCUT2D eigenvalue weighted by Crippen LogP contribution is -2.58. The van der Waals surface area contributed by atoms with Gasteiger partial charge in [0.2, 0.25) is 0 Å². The van der Waals surface area contributed by atoms with E-state index in [2.05, 4.69) is 18.4 Å². The summed E-state index contributed by atoms with van der Waals surface area (Å²) >= 11 is 0. The molecule has 0 bridgehead atoms. The van der Waals surface area contributed by atoms with E-state index >= 15 is 0 Å². The molecule has 1 saturated heterocycles. The van der Waals surface area contributed by atoms with Crippen molar-refractivity contribution >= 4 is 0 Å². The van der Waals surface area contributed by atoms with Gasteiger partial charge in [-0.2, -0.15) is 0 Å². The molecule has 1 atom stereocenters. The summed E-state index contributed by atoms with van der Waals surface area (Å²) in [5.74, 6) is 5.93. The van der Waals surface area contributed by atoms with Crippen molar-refractivity contribution in [3.63, 3.8) is 0 Å². The van der Waals surface area contributed by atoms with Crippen LogP contribution in [0.1, 0.15) is 58.3 Å². The summed E-state index contributed by atoms with van der Waals surface area (Å²) < 4.78 is 11.7. The van der Waals surface area contributed by atoms with Crippen LogP contribution in [0.2, 0.25) is 0 Å². The molecule has 3 N–H and O–H groups in total. The van der Waals surface area contributed by atoms with Gasteiger partial charge in [-0.15, -0.1) is 0 Å². The third-order valence-corrected chi connectivity index (χ3v) is 4.66. The predicted octanol–water partition coefficient (Wildman–Crippen LogP) is 2.68. The lowest BCUT2D eigenvalue weighted by molar-refractivity contribution is -0.120. The van der Waals surface area contributed by atoms with Crippen LogP contribution in [-0.2, 0) is 9.47 Å². The summed E-state index contributed by atoms with van der Waals surface area (Å²) in [5.41, 5.74) is 4.33. The van der Waals surface area contributed by atoms with E-state index in [4.69, 9.17) is 15.3 Å². The Kier molecular flexibility index (Phi) is 6.49. The van der Waals surface area contributed by atoms with Gasteiger partial charge in [-0.25, -0.2) is 0 Å². The van der Waals surface area contributed by atoms with Gasteiger partial charge in [0, 0.05) is 32.7 Å². The zero-order chi connectivity index (χ0) is 14.3. The van der Waals surface area contributed by atoms with Crippen LogP contribution in [0.25, 0.3) is 0 Å². The van der Waals surface area contributed by atoms with Gasteiger partial charge in [0.15, 0.2) is 0 Å². The molecule has 1 aliphatic carbocycles. The van der Waals surface area contributed by atoms with Gasteiger partial charge in [-0.05, 0) is 32.6 Å². The summed E-state index contributed by atoms with van der Waals surface area (Å²) in [6, 6.07) is 0.129. The first-order valence-electron chi connectivity index (χ1n) is 8.19. The number of nitrogens with two attached hydrogens (primary N) is 1. The van der Waals surface area contributed by atoms with Gasteiger partial charge in [0.05, 0.1) is 11.6 Å². The lowest BCUT2D eigenvalue weighted by Gasteiger charge is -2.44. The number of hydrogen-bond donors (Lipinski definition) is 2. The molecular formula is C16H30N2O2. The van der Waals surface area contributed by atoms with Crippen LogP contribution < -0.4 is 11.3 Å². The van der Waals surface area contributed by atoms with Crippen molar-refractivity contribution in [3.8, 4) is 0 Å². The molecule has 0 aromatic rings. The largest absolute Gasteiger partial charge is 0.381 e. The zero-order valence-electron chi connectivity index (χ0n) is 12.8. The Morgan fingerprint density at radius 2 is 2.05 bits per heavy atom.